The Morgan fingerprint density at radius 1 is 0.640 bits per heavy atom. The van der Waals surface area contributed by atoms with Crippen LogP contribution in [0.25, 0.3) is 0 Å². The molecule has 0 bridgehead atoms. The van der Waals surface area contributed by atoms with Crippen LogP contribution in [0.1, 0.15) is 89.5 Å². The van der Waals surface area contributed by atoms with Crippen molar-refractivity contribution >= 4 is 0 Å². The van der Waals surface area contributed by atoms with Crippen molar-refractivity contribution in [2.24, 2.45) is 0 Å². The summed E-state index contributed by atoms with van der Waals surface area (Å²) >= 11 is 0. The van der Waals surface area contributed by atoms with Crippen molar-refractivity contribution < 1.29 is 9.19 Å². The topological polar surface area (TPSA) is 0 Å². The number of nitrogens with zero attached hydrogens (tertiary/aromatic N) is 1. The van der Waals surface area contributed by atoms with Gasteiger partial charge in [0.05, 0.1) is 20.6 Å². The Bertz CT molecular complexity index is 388. The summed E-state index contributed by atoms with van der Waals surface area (Å²) in [7, 11) is 4.73. The Balaban J connectivity index is 0.00000576. The van der Waals surface area contributed by atoms with E-state index in [0.717, 1.165) is 11.0 Å². The van der Waals surface area contributed by atoms with Crippen molar-refractivity contribution in [3.63, 3.8) is 0 Å². The second-order valence-corrected chi connectivity index (χ2v) is 8.19. The molecule has 0 heterocycles. The minimum Gasteiger partial charge on any atom is -1.00 e. The van der Waals surface area contributed by atoms with Crippen LogP contribution in [0.15, 0.2) is 30.3 Å². The van der Waals surface area contributed by atoms with E-state index < -0.39 is 0 Å². The summed E-state index contributed by atoms with van der Waals surface area (Å²) < 4.78 is 1.11. The lowest BCUT2D eigenvalue weighted by atomic mass is 10.1. The van der Waals surface area contributed by atoms with Crippen LogP contribution in [0.3, 0.4) is 0 Å². The predicted molar refractivity (Wildman–Crippen MR) is 108 cm³/mol. The van der Waals surface area contributed by atoms with Gasteiger partial charge in [0.2, 0.25) is 0 Å². The lowest BCUT2D eigenvalue weighted by Gasteiger charge is -2.30. The molecule has 0 amide bonds. The molecule has 0 atom stereocenters. The van der Waals surface area contributed by atoms with Gasteiger partial charge in [-0.05, 0) is 12.8 Å². The molecule has 0 spiro atoms. The Morgan fingerprint density at radius 2 is 1.08 bits per heavy atom. The van der Waals surface area contributed by atoms with Gasteiger partial charge in [-0.25, -0.2) is 0 Å². The van der Waals surface area contributed by atoms with E-state index >= 15 is 0 Å². The van der Waals surface area contributed by atoms with E-state index in [-0.39, 0.29) is 4.70 Å². The van der Waals surface area contributed by atoms with Gasteiger partial charge in [-0.1, -0.05) is 101 Å². The number of unbranched alkanes of at least 4 members (excludes halogenated alkanes) is 11. The molecule has 25 heavy (non-hydrogen) atoms. The molecule has 0 saturated heterocycles. The smallest absolute Gasteiger partial charge is 0.104 e. The second-order valence-electron chi connectivity index (χ2n) is 8.19. The van der Waals surface area contributed by atoms with Gasteiger partial charge in [0.25, 0.3) is 0 Å². The number of quaternary nitrogens is 1. The van der Waals surface area contributed by atoms with Gasteiger partial charge < -0.3 is 9.19 Å². The zero-order chi connectivity index (χ0) is 17.5. The van der Waals surface area contributed by atoms with E-state index in [1.165, 1.54) is 89.2 Å². The molecule has 0 fully saturated rings. The van der Waals surface area contributed by atoms with Gasteiger partial charge in [0.15, 0.2) is 0 Å². The largest absolute Gasteiger partial charge is 1.00 e. The fourth-order valence-electron chi connectivity index (χ4n) is 3.54. The van der Waals surface area contributed by atoms with Crippen molar-refractivity contribution in [2.45, 2.75) is 90.5 Å². The molecular weight excluding hydrogens is 309 g/mol. The van der Waals surface area contributed by atoms with E-state index in [1.54, 1.807) is 0 Å². The lowest BCUT2D eigenvalue weighted by Crippen LogP contribution is -3.00. The van der Waals surface area contributed by atoms with Gasteiger partial charge in [-0.3, -0.25) is 0 Å². The van der Waals surface area contributed by atoms with Crippen LogP contribution in [0.5, 0.6) is 0 Å². The fourth-order valence-corrected chi connectivity index (χ4v) is 3.54. The highest BCUT2D eigenvalue weighted by Crippen LogP contribution is 2.14. The van der Waals surface area contributed by atoms with Crippen LogP contribution in [-0.2, 0) is 6.54 Å². The molecule has 146 valence electrons. The zero-order valence-corrected chi connectivity index (χ0v) is 17.1. The first-order valence-corrected chi connectivity index (χ1v) is 10.5. The second kappa shape index (κ2) is 15.4. The summed E-state index contributed by atoms with van der Waals surface area (Å²) in [6.07, 6.45) is 17.2. The molecule has 0 unspecified atom stereocenters. The molecule has 0 aliphatic rings. The fraction of sp³-hybridized carbons (Fsp3) is 0.739. The summed E-state index contributed by atoms with van der Waals surface area (Å²) in [6, 6.07) is 10.9. The molecule has 1 nitrogen and oxygen atoms in total. The van der Waals surface area contributed by atoms with E-state index in [0.29, 0.717) is 0 Å². The maximum absolute atomic E-state index is 2.37. The third-order valence-corrected chi connectivity index (χ3v) is 5.07. The Hall–Kier alpha value is -0.890. The van der Waals surface area contributed by atoms with Crippen LogP contribution in [0.2, 0.25) is 0 Å². The molecule has 1 aromatic carbocycles. The van der Waals surface area contributed by atoms with Gasteiger partial charge in [0, 0.05) is 5.56 Å². The summed E-state index contributed by atoms with van der Waals surface area (Å²) in [6.45, 7) is 4.74. The lowest BCUT2D eigenvalue weighted by molar-refractivity contribution is -0.903. The highest BCUT2D eigenvalue weighted by Gasteiger charge is 2.14. The van der Waals surface area contributed by atoms with E-state index in [9.17, 15) is 0 Å². The molecule has 0 saturated carbocycles. The minimum atomic E-state index is 0. The third kappa shape index (κ3) is 14.0. The summed E-state index contributed by atoms with van der Waals surface area (Å²) in [4.78, 5) is 0. The highest BCUT2D eigenvalue weighted by atomic mass is 19.0. The number of halogens is 1. The highest BCUT2D eigenvalue weighted by molar-refractivity contribution is 5.13. The molecular formula is C23H42FN. The first-order valence-electron chi connectivity index (χ1n) is 10.5. The van der Waals surface area contributed by atoms with Crippen molar-refractivity contribution in [2.75, 3.05) is 20.6 Å². The zero-order valence-electron chi connectivity index (χ0n) is 17.1. The van der Waals surface area contributed by atoms with Gasteiger partial charge in [0.1, 0.15) is 6.54 Å². The molecule has 1 rings (SSSR count). The number of benzene rings is 1. The standard InChI is InChI=1S/C23H42N.FH/c1-4-5-6-7-8-9-10-11-12-13-14-18-21-24(2,3)22-23-19-16-15-17-20-23;/h15-17,19-20H,4-14,18,21-22H2,1-3H3;1H/q+1;/p-1. The number of rotatable bonds is 15. The molecule has 0 aliphatic heterocycles. The van der Waals surface area contributed by atoms with Crippen LogP contribution in [-0.4, -0.2) is 25.1 Å². The van der Waals surface area contributed by atoms with Crippen LogP contribution < -0.4 is 4.70 Å². The monoisotopic (exact) mass is 351 g/mol. The molecule has 0 radical (unpaired) electrons. The van der Waals surface area contributed by atoms with Crippen molar-refractivity contribution in [1.29, 1.82) is 0 Å². The quantitative estimate of drug-likeness (QED) is 0.331. The average Bonchev–Trinajstić information content (AvgIpc) is 2.56. The Morgan fingerprint density at radius 3 is 1.56 bits per heavy atom. The number of hydrogen-bond donors (Lipinski definition) is 0. The minimum absolute atomic E-state index is 0. The summed E-state index contributed by atoms with van der Waals surface area (Å²) in [5.41, 5.74) is 1.46. The normalized spacial score (nSPS) is 11.3. The Labute approximate surface area is 156 Å². The van der Waals surface area contributed by atoms with Crippen LogP contribution >= 0.6 is 0 Å². The maximum atomic E-state index is 2.37. The van der Waals surface area contributed by atoms with Gasteiger partial charge in [-0.2, -0.15) is 0 Å². The first kappa shape index (κ1) is 24.1. The Kier molecular flexibility index (Phi) is 14.8. The van der Waals surface area contributed by atoms with Gasteiger partial charge in [-0.15, -0.1) is 0 Å². The predicted octanol–water partition coefficient (Wildman–Crippen LogP) is 3.97. The molecule has 0 N–H and O–H groups in total. The van der Waals surface area contributed by atoms with Crippen molar-refractivity contribution in [3.05, 3.63) is 35.9 Å². The molecule has 2 heteroatoms. The molecule has 0 aliphatic carbocycles. The first-order chi connectivity index (χ1) is 11.6. The van der Waals surface area contributed by atoms with E-state index in [2.05, 4.69) is 51.4 Å². The van der Waals surface area contributed by atoms with Crippen molar-refractivity contribution in [1.82, 2.24) is 0 Å². The third-order valence-electron chi connectivity index (χ3n) is 5.07. The maximum Gasteiger partial charge on any atom is 0.104 e. The average molecular weight is 352 g/mol. The summed E-state index contributed by atoms with van der Waals surface area (Å²) in [5, 5.41) is 0. The van der Waals surface area contributed by atoms with E-state index in [4.69, 9.17) is 0 Å². The van der Waals surface area contributed by atoms with Crippen LogP contribution in [0, 0.1) is 0 Å². The van der Waals surface area contributed by atoms with E-state index in [1.807, 2.05) is 0 Å². The molecule has 0 aromatic heterocycles. The number of hydrogen-bond acceptors (Lipinski definition) is 0. The SMILES string of the molecule is CCCCCCCCCCCCCC[N+](C)(C)Cc1ccccc1.[F-]. The summed E-state index contributed by atoms with van der Waals surface area (Å²) in [5.74, 6) is 0. The van der Waals surface area contributed by atoms with Crippen LogP contribution in [0.4, 0.5) is 0 Å². The van der Waals surface area contributed by atoms with Gasteiger partial charge >= 0.3 is 0 Å². The van der Waals surface area contributed by atoms with Crippen molar-refractivity contribution in [3.8, 4) is 0 Å². The molecule has 1 aromatic rings.